The largest absolute Gasteiger partial charge is 0.493 e. The minimum Gasteiger partial charge on any atom is -0.493 e. The first-order valence-electron chi connectivity index (χ1n) is 6.68. The lowest BCUT2D eigenvalue weighted by atomic mass is 10.1. The smallest absolute Gasteiger partial charge is 0.161 e. The van der Waals surface area contributed by atoms with Gasteiger partial charge in [-0.15, -0.1) is 0 Å². The van der Waals surface area contributed by atoms with Crippen molar-refractivity contribution in [3.8, 4) is 11.5 Å². The van der Waals surface area contributed by atoms with E-state index in [0.717, 1.165) is 49.2 Å². The zero-order valence-electron chi connectivity index (χ0n) is 11.3. The molecule has 0 aliphatic carbocycles. The molecule has 4 nitrogen and oxygen atoms in total. The van der Waals surface area contributed by atoms with Crippen LogP contribution in [0, 0.1) is 0 Å². The Balaban J connectivity index is 2.08. The lowest BCUT2D eigenvalue weighted by molar-refractivity contribution is -0.107. The van der Waals surface area contributed by atoms with Crippen molar-refractivity contribution >= 4 is 6.29 Å². The van der Waals surface area contributed by atoms with E-state index in [4.69, 9.17) is 14.2 Å². The van der Waals surface area contributed by atoms with Crippen molar-refractivity contribution in [3.05, 3.63) is 23.8 Å². The predicted octanol–water partition coefficient (Wildman–Crippen LogP) is 2.38. The molecule has 0 amide bonds. The molecule has 1 aliphatic rings. The fraction of sp³-hybridized carbons (Fsp3) is 0.533. The van der Waals surface area contributed by atoms with E-state index in [9.17, 15) is 4.79 Å². The van der Waals surface area contributed by atoms with Gasteiger partial charge in [0.2, 0.25) is 0 Å². The first kappa shape index (κ1) is 13.9. The molecular formula is C15H20O4. The molecule has 0 radical (unpaired) electrons. The Labute approximate surface area is 113 Å². The van der Waals surface area contributed by atoms with Crippen LogP contribution in [0.5, 0.6) is 11.5 Å². The van der Waals surface area contributed by atoms with Gasteiger partial charge in [-0.3, -0.25) is 0 Å². The number of methoxy groups -OCH3 is 1. The Kier molecular flexibility index (Phi) is 5.21. The molecule has 1 atom stereocenters. The standard InChI is InChI=1S/C15H20O4/c1-17-14-7-6-12(4-2-8-16)10-15(14)19-13-5-3-9-18-11-13/h6-8,10,13H,2-5,9,11H2,1H3. The van der Waals surface area contributed by atoms with Crippen molar-refractivity contribution in [1.82, 2.24) is 0 Å². The normalized spacial score (nSPS) is 18.9. The molecule has 0 aromatic heterocycles. The average molecular weight is 264 g/mol. The summed E-state index contributed by atoms with van der Waals surface area (Å²) in [4.78, 5) is 10.4. The Hall–Kier alpha value is -1.55. The van der Waals surface area contributed by atoms with Crippen molar-refractivity contribution in [2.45, 2.75) is 31.8 Å². The maximum absolute atomic E-state index is 10.4. The van der Waals surface area contributed by atoms with Crippen LogP contribution in [-0.2, 0) is 16.0 Å². The van der Waals surface area contributed by atoms with Crippen LogP contribution >= 0.6 is 0 Å². The Morgan fingerprint density at radius 1 is 1.42 bits per heavy atom. The highest BCUT2D eigenvalue weighted by Crippen LogP contribution is 2.30. The van der Waals surface area contributed by atoms with E-state index in [2.05, 4.69) is 0 Å². The van der Waals surface area contributed by atoms with Crippen LogP contribution in [0.2, 0.25) is 0 Å². The highest BCUT2D eigenvalue weighted by Gasteiger charge is 2.17. The first-order valence-corrected chi connectivity index (χ1v) is 6.68. The molecule has 1 fully saturated rings. The lowest BCUT2D eigenvalue weighted by Crippen LogP contribution is -2.28. The minimum atomic E-state index is 0.0870. The van der Waals surface area contributed by atoms with Crippen LogP contribution in [0.3, 0.4) is 0 Å². The summed E-state index contributed by atoms with van der Waals surface area (Å²) >= 11 is 0. The highest BCUT2D eigenvalue weighted by molar-refractivity contribution is 5.51. The second kappa shape index (κ2) is 7.14. The van der Waals surface area contributed by atoms with Crippen molar-refractivity contribution in [2.24, 2.45) is 0 Å². The fourth-order valence-electron chi connectivity index (χ4n) is 2.18. The van der Waals surface area contributed by atoms with Gasteiger partial charge in [-0.25, -0.2) is 0 Å². The molecule has 1 unspecified atom stereocenters. The van der Waals surface area contributed by atoms with Crippen molar-refractivity contribution < 1.29 is 19.0 Å². The summed E-state index contributed by atoms with van der Waals surface area (Å²) in [6, 6.07) is 5.81. The number of aryl methyl sites for hydroxylation is 1. The number of hydrogen-bond acceptors (Lipinski definition) is 4. The molecule has 4 heteroatoms. The molecule has 19 heavy (non-hydrogen) atoms. The summed E-state index contributed by atoms with van der Waals surface area (Å²) < 4.78 is 16.7. The van der Waals surface area contributed by atoms with Gasteiger partial charge in [-0.05, 0) is 37.0 Å². The van der Waals surface area contributed by atoms with Crippen LogP contribution in [0.1, 0.15) is 24.8 Å². The van der Waals surface area contributed by atoms with E-state index in [-0.39, 0.29) is 6.10 Å². The monoisotopic (exact) mass is 264 g/mol. The van der Waals surface area contributed by atoms with E-state index in [1.54, 1.807) is 7.11 Å². The Morgan fingerprint density at radius 3 is 3.00 bits per heavy atom. The van der Waals surface area contributed by atoms with Crippen molar-refractivity contribution in [2.75, 3.05) is 20.3 Å². The first-order chi connectivity index (χ1) is 9.33. The zero-order chi connectivity index (χ0) is 13.5. The molecule has 0 N–H and O–H groups in total. The third-order valence-corrected chi connectivity index (χ3v) is 3.19. The van der Waals surface area contributed by atoms with Gasteiger partial charge in [0.15, 0.2) is 11.5 Å². The number of aldehydes is 1. The molecule has 1 aliphatic heterocycles. The van der Waals surface area contributed by atoms with Crippen LogP contribution in [0.4, 0.5) is 0 Å². The predicted molar refractivity (Wildman–Crippen MR) is 71.8 cm³/mol. The highest BCUT2D eigenvalue weighted by atomic mass is 16.5. The number of carbonyl (C=O) groups is 1. The number of hydrogen-bond donors (Lipinski definition) is 0. The molecule has 104 valence electrons. The molecule has 1 heterocycles. The Bertz CT molecular complexity index is 411. The SMILES string of the molecule is COc1ccc(CCC=O)cc1OC1CCCOC1. The molecule has 0 bridgehead atoms. The lowest BCUT2D eigenvalue weighted by Gasteiger charge is -2.24. The summed E-state index contributed by atoms with van der Waals surface area (Å²) in [7, 11) is 1.63. The van der Waals surface area contributed by atoms with Gasteiger partial charge in [0.25, 0.3) is 0 Å². The van der Waals surface area contributed by atoms with Crippen LogP contribution in [-0.4, -0.2) is 32.7 Å². The number of rotatable bonds is 6. The summed E-state index contributed by atoms with van der Waals surface area (Å²) in [5.41, 5.74) is 1.08. The maximum Gasteiger partial charge on any atom is 0.161 e. The van der Waals surface area contributed by atoms with E-state index >= 15 is 0 Å². The third-order valence-electron chi connectivity index (χ3n) is 3.19. The average Bonchev–Trinajstić information content (AvgIpc) is 2.46. The molecule has 1 aromatic rings. The van der Waals surface area contributed by atoms with E-state index in [1.165, 1.54) is 0 Å². The van der Waals surface area contributed by atoms with Gasteiger partial charge in [-0.2, -0.15) is 0 Å². The number of carbonyl (C=O) groups excluding carboxylic acids is 1. The molecule has 1 aromatic carbocycles. The second-order valence-electron chi connectivity index (χ2n) is 4.65. The summed E-state index contributed by atoms with van der Waals surface area (Å²) in [5.74, 6) is 1.46. The molecule has 0 saturated carbocycles. The van der Waals surface area contributed by atoms with Crippen LogP contribution in [0.15, 0.2) is 18.2 Å². The minimum absolute atomic E-state index is 0.0870. The van der Waals surface area contributed by atoms with Crippen LogP contribution in [0.25, 0.3) is 0 Å². The summed E-state index contributed by atoms with van der Waals surface area (Å²) in [6.07, 6.45) is 4.30. The summed E-state index contributed by atoms with van der Waals surface area (Å²) in [6.45, 7) is 1.44. The Morgan fingerprint density at radius 2 is 2.32 bits per heavy atom. The molecule has 2 rings (SSSR count). The fourth-order valence-corrected chi connectivity index (χ4v) is 2.18. The van der Waals surface area contributed by atoms with Gasteiger partial charge in [0.1, 0.15) is 12.4 Å². The third kappa shape index (κ3) is 3.96. The quantitative estimate of drug-likeness (QED) is 0.740. The number of benzene rings is 1. The topological polar surface area (TPSA) is 44.8 Å². The second-order valence-corrected chi connectivity index (χ2v) is 4.65. The van der Waals surface area contributed by atoms with Crippen LogP contribution < -0.4 is 9.47 Å². The van der Waals surface area contributed by atoms with Gasteiger partial charge in [-0.1, -0.05) is 6.07 Å². The van der Waals surface area contributed by atoms with Gasteiger partial charge in [0.05, 0.1) is 13.7 Å². The molecule has 0 spiro atoms. The van der Waals surface area contributed by atoms with E-state index < -0.39 is 0 Å². The van der Waals surface area contributed by atoms with Gasteiger partial charge >= 0.3 is 0 Å². The van der Waals surface area contributed by atoms with E-state index in [1.807, 2.05) is 18.2 Å². The van der Waals surface area contributed by atoms with E-state index in [0.29, 0.717) is 13.0 Å². The van der Waals surface area contributed by atoms with Crippen molar-refractivity contribution in [3.63, 3.8) is 0 Å². The number of ether oxygens (including phenoxy) is 3. The van der Waals surface area contributed by atoms with Gasteiger partial charge < -0.3 is 19.0 Å². The zero-order valence-corrected chi connectivity index (χ0v) is 11.3. The summed E-state index contributed by atoms with van der Waals surface area (Å²) in [5, 5.41) is 0. The molecule has 1 saturated heterocycles. The van der Waals surface area contributed by atoms with Crippen molar-refractivity contribution in [1.29, 1.82) is 0 Å². The maximum atomic E-state index is 10.4. The molecular weight excluding hydrogens is 244 g/mol. The van der Waals surface area contributed by atoms with Gasteiger partial charge in [0, 0.05) is 13.0 Å².